The Morgan fingerprint density at radius 2 is 2.30 bits per heavy atom. The number of benzene rings is 1. The second kappa shape index (κ2) is 5.41. The fourth-order valence-corrected chi connectivity index (χ4v) is 3.09. The topological polar surface area (TPSA) is 59.8 Å². The van der Waals surface area contributed by atoms with Crippen molar-refractivity contribution in [2.75, 3.05) is 11.1 Å². The number of amides is 1. The Morgan fingerprint density at radius 3 is 3.10 bits per heavy atom. The first-order valence-electron chi connectivity index (χ1n) is 5.98. The molecule has 1 amide bonds. The minimum atomic E-state index is -0.664. The molecule has 20 heavy (non-hydrogen) atoms. The lowest BCUT2D eigenvalue weighted by atomic mass is 10.2. The smallest absolute Gasteiger partial charge is 0.262 e. The molecule has 1 N–H and O–H groups in total. The van der Waals surface area contributed by atoms with Gasteiger partial charge in [0.2, 0.25) is 5.95 Å². The normalized spacial score (nSPS) is 13.9. The van der Waals surface area contributed by atoms with Crippen molar-refractivity contribution in [3.63, 3.8) is 0 Å². The molecular weight excluding hydrogens is 303 g/mol. The number of halogens is 2. The number of rotatable bonds is 2. The highest BCUT2D eigenvalue weighted by molar-refractivity contribution is 7.99. The zero-order valence-electron chi connectivity index (χ0n) is 10.3. The number of hydrogen-bond acceptors (Lipinski definition) is 4. The van der Waals surface area contributed by atoms with Crippen LogP contribution in [0.2, 0.25) is 5.02 Å². The molecule has 0 radical (unpaired) electrons. The van der Waals surface area contributed by atoms with Gasteiger partial charge in [0.15, 0.2) is 5.16 Å². The van der Waals surface area contributed by atoms with Crippen LogP contribution in [-0.4, -0.2) is 26.4 Å². The lowest BCUT2D eigenvalue weighted by Crippen LogP contribution is -2.19. The molecule has 0 bridgehead atoms. The van der Waals surface area contributed by atoms with Gasteiger partial charge in [-0.2, -0.15) is 0 Å². The third kappa shape index (κ3) is 2.38. The van der Waals surface area contributed by atoms with Crippen LogP contribution in [0.5, 0.6) is 0 Å². The molecular formula is C12H10ClFN4OS. The van der Waals surface area contributed by atoms with E-state index < -0.39 is 11.7 Å². The predicted octanol–water partition coefficient (Wildman–Crippen LogP) is 2.82. The minimum absolute atomic E-state index is 0.0651. The van der Waals surface area contributed by atoms with Gasteiger partial charge in [-0.05, 0) is 18.6 Å². The van der Waals surface area contributed by atoms with Crippen molar-refractivity contribution in [2.24, 2.45) is 0 Å². The first kappa shape index (κ1) is 13.4. The maximum atomic E-state index is 13.7. The van der Waals surface area contributed by atoms with Crippen LogP contribution < -0.4 is 5.32 Å². The Bertz CT molecular complexity index is 655. The molecule has 1 aromatic carbocycles. The Hall–Kier alpha value is -1.60. The van der Waals surface area contributed by atoms with E-state index in [1.54, 1.807) is 16.3 Å². The summed E-state index contributed by atoms with van der Waals surface area (Å²) >= 11 is 7.44. The second-order valence-corrected chi connectivity index (χ2v) is 5.68. The number of hydrogen-bond donors (Lipinski definition) is 1. The number of aromatic nitrogens is 3. The highest BCUT2D eigenvalue weighted by Crippen LogP contribution is 2.26. The summed E-state index contributed by atoms with van der Waals surface area (Å²) in [7, 11) is 0. The molecule has 0 atom stereocenters. The van der Waals surface area contributed by atoms with Gasteiger partial charge in [-0.1, -0.05) is 29.4 Å². The van der Waals surface area contributed by atoms with Crippen LogP contribution in [-0.2, 0) is 6.54 Å². The summed E-state index contributed by atoms with van der Waals surface area (Å²) in [5, 5.41) is 11.3. The predicted molar refractivity (Wildman–Crippen MR) is 74.7 cm³/mol. The molecule has 0 spiro atoms. The molecule has 104 valence electrons. The molecule has 0 aliphatic carbocycles. The average Bonchev–Trinajstić information content (AvgIpc) is 2.82. The van der Waals surface area contributed by atoms with E-state index in [0.717, 1.165) is 23.9 Å². The standard InChI is InChI=1S/C12H10ClFN4OS/c13-7-3-1-4-8(14)9(7)10(19)15-11-16-17-12-18(11)5-2-6-20-12/h1,3-4H,2,5-6H2,(H,15,16,19). The van der Waals surface area contributed by atoms with E-state index >= 15 is 0 Å². The fourth-order valence-electron chi connectivity index (χ4n) is 1.95. The summed E-state index contributed by atoms with van der Waals surface area (Å²) < 4.78 is 15.5. The zero-order chi connectivity index (χ0) is 14.1. The van der Waals surface area contributed by atoms with Crippen molar-refractivity contribution in [1.29, 1.82) is 0 Å². The quantitative estimate of drug-likeness (QED) is 0.926. The monoisotopic (exact) mass is 312 g/mol. The van der Waals surface area contributed by atoms with E-state index in [2.05, 4.69) is 15.5 Å². The van der Waals surface area contributed by atoms with E-state index in [4.69, 9.17) is 11.6 Å². The van der Waals surface area contributed by atoms with E-state index in [1.807, 2.05) is 0 Å². The van der Waals surface area contributed by atoms with Gasteiger partial charge in [-0.3, -0.25) is 14.7 Å². The van der Waals surface area contributed by atoms with Crippen molar-refractivity contribution in [2.45, 2.75) is 18.1 Å². The third-order valence-corrected chi connectivity index (χ3v) is 4.26. The first-order chi connectivity index (χ1) is 9.66. The van der Waals surface area contributed by atoms with Gasteiger partial charge >= 0.3 is 0 Å². The molecule has 1 aromatic heterocycles. The SMILES string of the molecule is O=C(Nc1nnc2n1CCCS2)c1c(F)cccc1Cl. The lowest BCUT2D eigenvalue weighted by molar-refractivity contribution is 0.102. The molecule has 0 saturated heterocycles. The molecule has 1 aliphatic heterocycles. The largest absolute Gasteiger partial charge is 0.290 e. The molecule has 5 nitrogen and oxygen atoms in total. The van der Waals surface area contributed by atoms with Crippen molar-refractivity contribution in [3.05, 3.63) is 34.6 Å². The highest BCUT2D eigenvalue weighted by atomic mass is 35.5. The molecule has 3 rings (SSSR count). The Kier molecular flexibility index (Phi) is 3.62. The second-order valence-electron chi connectivity index (χ2n) is 4.21. The number of carbonyl (C=O) groups excluding carboxylic acids is 1. The maximum Gasteiger partial charge on any atom is 0.262 e. The average molecular weight is 313 g/mol. The van der Waals surface area contributed by atoms with Crippen LogP contribution in [0.3, 0.4) is 0 Å². The van der Waals surface area contributed by atoms with Crippen molar-refractivity contribution >= 4 is 35.2 Å². The Labute approximate surface area is 123 Å². The van der Waals surface area contributed by atoms with Crippen LogP contribution in [0, 0.1) is 5.82 Å². The summed E-state index contributed by atoms with van der Waals surface area (Å²) in [6.07, 6.45) is 0.971. The van der Waals surface area contributed by atoms with E-state index in [-0.39, 0.29) is 10.6 Å². The van der Waals surface area contributed by atoms with Crippen LogP contribution >= 0.6 is 23.4 Å². The molecule has 0 saturated carbocycles. The van der Waals surface area contributed by atoms with Gasteiger partial charge in [-0.25, -0.2) is 4.39 Å². The highest BCUT2D eigenvalue weighted by Gasteiger charge is 2.21. The van der Waals surface area contributed by atoms with Crippen molar-refractivity contribution in [1.82, 2.24) is 14.8 Å². The minimum Gasteiger partial charge on any atom is -0.290 e. The van der Waals surface area contributed by atoms with Gasteiger partial charge in [0.05, 0.1) is 10.6 Å². The van der Waals surface area contributed by atoms with Crippen LogP contribution in [0.1, 0.15) is 16.8 Å². The molecule has 0 fully saturated rings. The molecule has 1 aliphatic rings. The van der Waals surface area contributed by atoms with Gasteiger partial charge in [0, 0.05) is 12.3 Å². The van der Waals surface area contributed by atoms with E-state index in [1.165, 1.54) is 18.2 Å². The summed E-state index contributed by atoms with van der Waals surface area (Å²) in [6.45, 7) is 0.732. The van der Waals surface area contributed by atoms with Gasteiger partial charge in [0.25, 0.3) is 5.91 Å². The van der Waals surface area contributed by atoms with Crippen molar-refractivity contribution < 1.29 is 9.18 Å². The van der Waals surface area contributed by atoms with Gasteiger partial charge in [0.1, 0.15) is 5.82 Å². The number of fused-ring (bicyclic) bond motifs is 1. The summed E-state index contributed by atoms with van der Waals surface area (Å²) in [5.41, 5.74) is -0.185. The van der Waals surface area contributed by atoms with Crippen LogP contribution in [0.15, 0.2) is 23.4 Å². The van der Waals surface area contributed by atoms with Crippen LogP contribution in [0.4, 0.5) is 10.3 Å². The molecule has 2 heterocycles. The summed E-state index contributed by atoms with van der Waals surface area (Å²) in [6, 6.07) is 4.11. The number of carbonyl (C=O) groups is 1. The van der Waals surface area contributed by atoms with E-state index in [9.17, 15) is 9.18 Å². The number of thioether (sulfide) groups is 1. The Balaban J connectivity index is 1.88. The summed E-state index contributed by atoms with van der Waals surface area (Å²) in [5.74, 6) is 0.00347. The number of nitrogens with one attached hydrogen (secondary N) is 1. The third-order valence-electron chi connectivity index (χ3n) is 2.89. The zero-order valence-corrected chi connectivity index (χ0v) is 11.8. The molecule has 2 aromatic rings. The maximum absolute atomic E-state index is 13.7. The fraction of sp³-hybridized carbons (Fsp3) is 0.250. The van der Waals surface area contributed by atoms with Crippen molar-refractivity contribution in [3.8, 4) is 0 Å². The number of anilines is 1. The Morgan fingerprint density at radius 1 is 1.45 bits per heavy atom. The van der Waals surface area contributed by atoms with Gasteiger partial charge < -0.3 is 0 Å². The van der Waals surface area contributed by atoms with E-state index in [0.29, 0.717) is 5.95 Å². The molecule has 0 unspecified atom stereocenters. The van der Waals surface area contributed by atoms with Gasteiger partial charge in [-0.15, -0.1) is 10.2 Å². The summed E-state index contributed by atoms with van der Waals surface area (Å²) in [4.78, 5) is 12.1. The molecule has 8 heteroatoms. The lowest BCUT2D eigenvalue weighted by Gasteiger charge is -2.14. The first-order valence-corrected chi connectivity index (χ1v) is 7.34. The van der Waals surface area contributed by atoms with Crippen LogP contribution in [0.25, 0.3) is 0 Å². The number of nitrogens with zero attached hydrogens (tertiary/aromatic N) is 3.